The van der Waals surface area contributed by atoms with E-state index in [0.29, 0.717) is 26.2 Å². The van der Waals surface area contributed by atoms with Gasteiger partial charge in [-0.05, 0) is 78.6 Å². The van der Waals surface area contributed by atoms with Gasteiger partial charge in [-0.2, -0.15) is 0 Å². The van der Waals surface area contributed by atoms with E-state index < -0.39 is 11.2 Å². The summed E-state index contributed by atoms with van der Waals surface area (Å²) in [4.78, 5) is 38.5. The van der Waals surface area contributed by atoms with Gasteiger partial charge >= 0.3 is 12.2 Å². The normalized spacial score (nSPS) is 16.4. The zero-order valence-electron chi connectivity index (χ0n) is 26.6. The molecule has 2 aliphatic rings. The molecule has 2 saturated heterocycles. The van der Waals surface area contributed by atoms with Crippen LogP contribution >= 0.6 is 11.3 Å². The lowest BCUT2D eigenvalue weighted by Crippen LogP contribution is -3.00. The summed E-state index contributed by atoms with van der Waals surface area (Å²) < 4.78 is 13.4. The predicted molar refractivity (Wildman–Crippen MR) is 171 cm³/mol. The van der Waals surface area contributed by atoms with Crippen molar-refractivity contribution >= 4 is 55.3 Å². The molecule has 0 N–H and O–H groups in total. The highest BCUT2D eigenvalue weighted by Crippen LogP contribution is 2.35. The molecule has 0 atom stereocenters. The molecule has 0 bridgehead atoms. The van der Waals surface area contributed by atoms with E-state index >= 15 is 0 Å². The minimum Gasteiger partial charge on any atom is -1.00 e. The smallest absolute Gasteiger partial charge is 0.410 e. The van der Waals surface area contributed by atoms with Crippen LogP contribution in [0.2, 0.25) is 0 Å². The van der Waals surface area contributed by atoms with Crippen molar-refractivity contribution in [3.63, 3.8) is 0 Å². The minimum atomic E-state index is -0.493. The van der Waals surface area contributed by atoms with E-state index in [-0.39, 0.29) is 36.2 Å². The molecule has 0 spiro atoms. The fourth-order valence-electron chi connectivity index (χ4n) is 5.44. The third kappa shape index (κ3) is 7.89. The van der Waals surface area contributed by atoms with Crippen LogP contribution in [-0.2, 0) is 9.47 Å². The van der Waals surface area contributed by atoms with Gasteiger partial charge in [0, 0.05) is 75.9 Å². The van der Waals surface area contributed by atoms with Gasteiger partial charge in [-0.25, -0.2) is 14.6 Å². The summed E-state index contributed by atoms with van der Waals surface area (Å²) in [6.07, 6.45) is -0.487. The summed E-state index contributed by atoms with van der Waals surface area (Å²) in [5.74, 6) is 0. The number of carbonyl (C=O) groups excluding carboxylic acids is 2. The van der Waals surface area contributed by atoms with E-state index in [2.05, 4.69) is 47.9 Å². The molecule has 0 radical (unpaired) electrons. The van der Waals surface area contributed by atoms with Gasteiger partial charge in [-0.1, -0.05) is 0 Å². The number of ether oxygens (including phenoxy) is 2. The van der Waals surface area contributed by atoms with Crippen LogP contribution in [0.25, 0.3) is 20.4 Å². The molecule has 0 aliphatic carbocycles. The number of hydrogen-bond acceptors (Lipinski definition) is 7. The lowest BCUT2D eigenvalue weighted by atomic mass is 10.1. The fraction of sp³-hybridized carbons (Fsp3) is 0.562. The first-order valence-corrected chi connectivity index (χ1v) is 15.6. The Balaban J connectivity index is 0.00000423. The van der Waals surface area contributed by atoms with Crippen LogP contribution in [-0.4, -0.2) is 90.5 Å². The van der Waals surface area contributed by atoms with Crippen molar-refractivity contribution in [2.24, 2.45) is 0 Å². The highest BCUT2D eigenvalue weighted by molar-refractivity contribution is 7.24. The van der Waals surface area contributed by atoms with Gasteiger partial charge in [0.1, 0.15) is 22.2 Å². The van der Waals surface area contributed by atoms with Crippen LogP contribution < -0.4 is 33.8 Å². The third-order valence-corrected chi connectivity index (χ3v) is 8.60. The number of piperazine rings is 2. The molecule has 3 aromatic rings. The quantitative estimate of drug-likeness (QED) is 0.228. The van der Waals surface area contributed by atoms with E-state index in [9.17, 15) is 9.59 Å². The van der Waals surface area contributed by atoms with E-state index in [1.165, 1.54) is 0 Å². The summed E-state index contributed by atoms with van der Waals surface area (Å²) in [5, 5.41) is 0. The Hall–Kier alpha value is -2.67. The number of fused-ring (bicyclic) bond motifs is 2. The monoisotopic (exact) mass is 721 g/mol. The predicted octanol–water partition coefficient (Wildman–Crippen LogP) is 3.47. The molecular formula is C32H44IN5O4S. The zero-order chi connectivity index (χ0) is 30.4. The number of hydrogen-bond donors (Lipinski definition) is 0. The molecule has 2 amide bonds. The van der Waals surface area contributed by atoms with Crippen molar-refractivity contribution < 1.29 is 43.0 Å². The van der Waals surface area contributed by atoms with Crippen LogP contribution in [0.15, 0.2) is 24.3 Å². The first-order chi connectivity index (χ1) is 19.7. The Bertz CT molecular complexity index is 1390. The van der Waals surface area contributed by atoms with Crippen LogP contribution in [0.4, 0.5) is 21.0 Å². The van der Waals surface area contributed by atoms with Gasteiger partial charge in [0.25, 0.3) is 9.40 Å². The lowest BCUT2D eigenvalue weighted by molar-refractivity contribution is -0.0000912. The average Bonchev–Trinajstić information content (AvgIpc) is 2.90. The van der Waals surface area contributed by atoms with Crippen molar-refractivity contribution in [2.45, 2.75) is 66.6 Å². The minimum absolute atomic E-state index is 0. The van der Waals surface area contributed by atoms with Crippen molar-refractivity contribution in [2.75, 3.05) is 62.2 Å². The van der Waals surface area contributed by atoms with Crippen LogP contribution in [0.3, 0.4) is 0 Å². The highest BCUT2D eigenvalue weighted by atomic mass is 127. The standard InChI is InChI=1S/C32H44N5O4S.HI/c1-21-17-23(34-9-13-36(14-10-34)29(38)40-31(3,4)5)19-25-27(21)33-28-22(2)18-24(20-26(28)42-25)35-11-15-37(16-12-35)30(39)41-32(6,7)8;/h17-20H,9-16H2,1-8H3;1H/q+1;/p-1. The van der Waals surface area contributed by atoms with E-state index in [0.717, 1.165) is 69.1 Å². The molecule has 9 nitrogen and oxygen atoms in total. The molecule has 0 unspecified atom stereocenters. The number of benzene rings is 2. The fourth-order valence-corrected chi connectivity index (χ4v) is 6.65. The number of aryl methyl sites for hydroxylation is 2. The second-order valence-corrected chi connectivity index (χ2v) is 14.4. The summed E-state index contributed by atoms with van der Waals surface area (Å²) in [6, 6.07) is 8.91. The van der Waals surface area contributed by atoms with Crippen LogP contribution in [0, 0.1) is 13.8 Å². The van der Waals surface area contributed by atoms with Crippen LogP contribution in [0.5, 0.6) is 0 Å². The van der Waals surface area contributed by atoms with E-state index in [1.807, 2.05) is 41.5 Å². The average molecular weight is 722 g/mol. The third-order valence-electron chi connectivity index (χ3n) is 7.54. The Morgan fingerprint density at radius 2 is 1.00 bits per heavy atom. The molecule has 43 heavy (non-hydrogen) atoms. The van der Waals surface area contributed by atoms with Gasteiger partial charge < -0.3 is 53.1 Å². The van der Waals surface area contributed by atoms with Crippen molar-refractivity contribution in [3.8, 4) is 0 Å². The molecule has 5 rings (SSSR count). The second-order valence-electron chi connectivity index (χ2n) is 13.3. The summed E-state index contributed by atoms with van der Waals surface area (Å²) in [7, 11) is 0. The topological polar surface area (TPSA) is 78.5 Å². The maximum Gasteiger partial charge on any atom is 0.410 e. The Kier molecular flexibility index (Phi) is 9.85. The van der Waals surface area contributed by atoms with Gasteiger partial charge in [0.05, 0.1) is 0 Å². The zero-order valence-corrected chi connectivity index (χ0v) is 29.6. The molecular weight excluding hydrogens is 677 g/mol. The summed E-state index contributed by atoms with van der Waals surface area (Å²) in [5.41, 5.74) is 5.70. The van der Waals surface area contributed by atoms with Gasteiger partial charge in [-0.15, -0.1) is 0 Å². The first-order valence-electron chi connectivity index (χ1n) is 14.8. The first kappa shape index (κ1) is 33.2. The highest BCUT2D eigenvalue weighted by Gasteiger charge is 2.29. The molecule has 2 aliphatic heterocycles. The number of rotatable bonds is 2. The summed E-state index contributed by atoms with van der Waals surface area (Å²) in [6.45, 7) is 21.2. The van der Waals surface area contributed by atoms with Crippen LogP contribution in [0.1, 0.15) is 52.7 Å². The number of amides is 2. The number of halogens is 1. The van der Waals surface area contributed by atoms with Crippen molar-refractivity contribution in [1.82, 2.24) is 14.8 Å². The Morgan fingerprint density at radius 3 is 1.33 bits per heavy atom. The molecule has 0 saturated carbocycles. The van der Waals surface area contributed by atoms with Crippen molar-refractivity contribution in [3.05, 3.63) is 35.4 Å². The largest absolute Gasteiger partial charge is 1.00 e. The molecule has 3 heterocycles. The van der Waals surface area contributed by atoms with Gasteiger partial charge in [0.15, 0.2) is 0 Å². The lowest BCUT2D eigenvalue weighted by Gasteiger charge is -2.36. The van der Waals surface area contributed by atoms with E-state index in [4.69, 9.17) is 14.5 Å². The molecule has 2 fully saturated rings. The maximum atomic E-state index is 12.5. The number of anilines is 2. The Morgan fingerprint density at radius 1 is 0.651 bits per heavy atom. The number of aromatic nitrogens is 1. The summed E-state index contributed by atoms with van der Waals surface area (Å²) >= 11 is 1.77. The molecule has 2 aromatic carbocycles. The Labute approximate surface area is 276 Å². The molecule has 11 heteroatoms. The molecule has 1 aromatic heterocycles. The number of carbonyl (C=O) groups is 2. The van der Waals surface area contributed by atoms with Crippen molar-refractivity contribution in [1.29, 1.82) is 0 Å². The van der Waals surface area contributed by atoms with Gasteiger partial charge in [-0.3, -0.25) is 0 Å². The number of nitrogens with zero attached hydrogens (tertiary/aromatic N) is 5. The second kappa shape index (κ2) is 12.7. The SMILES string of the molecule is Cc1cc(N2CCN(C(=O)OC(C)(C)C)CC2)cc2[s+]c3cc(N4CCN(C(=O)OC(C)(C)C)CC4)cc(C)c3nc12.[I-]. The molecule has 234 valence electrons. The van der Waals surface area contributed by atoms with Gasteiger partial charge in [0.2, 0.25) is 11.3 Å². The van der Waals surface area contributed by atoms with E-state index in [1.54, 1.807) is 21.1 Å². The maximum absolute atomic E-state index is 12.5.